The second kappa shape index (κ2) is 6.34. The fourth-order valence-electron chi connectivity index (χ4n) is 2.94. The van der Waals surface area contributed by atoms with E-state index in [1.54, 1.807) is 14.2 Å². The van der Waals surface area contributed by atoms with Gasteiger partial charge in [-0.1, -0.05) is 19.1 Å². The van der Waals surface area contributed by atoms with Gasteiger partial charge >= 0.3 is 0 Å². The van der Waals surface area contributed by atoms with Crippen molar-refractivity contribution in [2.45, 2.75) is 19.6 Å². The Morgan fingerprint density at radius 1 is 1.04 bits per heavy atom. The van der Waals surface area contributed by atoms with E-state index >= 15 is 0 Å². The van der Waals surface area contributed by atoms with Crippen LogP contribution >= 0.6 is 0 Å². The van der Waals surface area contributed by atoms with E-state index in [2.05, 4.69) is 6.92 Å². The standard InChI is InChI=1S/C19H20O4/c1-4-15-16-11-14(22-3)8-9-17(16)23-19(20)18(15)12-6-5-7-13(10-12)21-2/h5-11,19-20H,4H2,1-3H3. The first kappa shape index (κ1) is 15.4. The molecule has 120 valence electrons. The molecule has 4 nitrogen and oxygen atoms in total. The van der Waals surface area contributed by atoms with Crippen molar-refractivity contribution >= 4 is 11.1 Å². The van der Waals surface area contributed by atoms with Crippen LogP contribution in [0.15, 0.2) is 42.5 Å². The van der Waals surface area contributed by atoms with E-state index in [9.17, 15) is 5.11 Å². The second-order valence-corrected chi connectivity index (χ2v) is 5.31. The lowest BCUT2D eigenvalue weighted by atomic mass is 9.90. The van der Waals surface area contributed by atoms with Crippen LogP contribution in [-0.2, 0) is 0 Å². The molecule has 0 fully saturated rings. The van der Waals surface area contributed by atoms with Gasteiger partial charge in [0.05, 0.1) is 14.2 Å². The SMILES string of the molecule is CCC1=C(c2cccc(OC)c2)C(O)Oc2ccc(OC)cc21. The maximum Gasteiger partial charge on any atom is 0.225 e. The van der Waals surface area contributed by atoms with Gasteiger partial charge in [-0.2, -0.15) is 0 Å². The third kappa shape index (κ3) is 2.78. The molecule has 0 radical (unpaired) electrons. The lowest BCUT2D eigenvalue weighted by Crippen LogP contribution is -2.23. The van der Waals surface area contributed by atoms with Crippen LogP contribution in [0.3, 0.4) is 0 Å². The minimum atomic E-state index is -1.00. The van der Waals surface area contributed by atoms with Crippen molar-refractivity contribution < 1.29 is 19.3 Å². The number of hydrogen-bond donors (Lipinski definition) is 1. The largest absolute Gasteiger partial charge is 0.497 e. The monoisotopic (exact) mass is 312 g/mol. The molecule has 3 rings (SSSR count). The Kier molecular flexibility index (Phi) is 4.26. The van der Waals surface area contributed by atoms with E-state index in [4.69, 9.17) is 14.2 Å². The van der Waals surface area contributed by atoms with Crippen LogP contribution in [-0.4, -0.2) is 25.6 Å². The third-order valence-corrected chi connectivity index (χ3v) is 4.06. The molecule has 0 aromatic heterocycles. The number of methoxy groups -OCH3 is 2. The van der Waals surface area contributed by atoms with Crippen LogP contribution in [0.2, 0.25) is 0 Å². The fraction of sp³-hybridized carbons (Fsp3) is 0.263. The van der Waals surface area contributed by atoms with Crippen molar-refractivity contribution in [1.29, 1.82) is 0 Å². The van der Waals surface area contributed by atoms with Gasteiger partial charge in [-0.05, 0) is 47.9 Å². The van der Waals surface area contributed by atoms with Gasteiger partial charge in [-0.3, -0.25) is 0 Å². The van der Waals surface area contributed by atoms with Crippen LogP contribution in [0.25, 0.3) is 11.1 Å². The molecule has 1 aliphatic rings. The zero-order chi connectivity index (χ0) is 16.4. The summed E-state index contributed by atoms with van der Waals surface area (Å²) in [5, 5.41) is 10.5. The van der Waals surface area contributed by atoms with Crippen molar-refractivity contribution in [3.8, 4) is 17.2 Å². The maximum atomic E-state index is 10.5. The summed E-state index contributed by atoms with van der Waals surface area (Å²) in [4.78, 5) is 0. The summed E-state index contributed by atoms with van der Waals surface area (Å²) in [5.74, 6) is 2.18. The normalized spacial score (nSPS) is 16.6. The van der Waals surface area contributed by atoms with Crippen LogP contribution < -0.4 is 14.2 Å². The zero-order valence-electron chi connectivity index (χ0n) is 13.5. The molecule has 1 aliphatic heterocycles. The lowest BCUT2D eigenvalue weighted by molar-refractivity contribution is 0.0313. The Hall–Kier alpha value is -2.46. The average molecular weight is 312 g/mol. The highest BCUT2D eigenvalue weighted by Crippen LogP contribution is 2.43. The molecule has 0 aliphatic carbocycles. The molecule has 0 amide bonds. The first-order valence-electron chi connectivity index (χ1n) is 7.58. The van der Waals surface area contributed by atoms with E-state index in [0.29, 0.717) is 5.75 Å². The van der Waals surface area contributed by atoms with Gasteiger partial charge in [0.1, 0.15) is 17.2 Å². The molecule has 0 saturated heterocycles. The van der Waals surface area contributed by atoms with Crippen molar-refractivity contribution in [2.75, 3.05) is 14.2 Å². The number of benzene rings is 2. The van der Waals surface area contributed by atoms with Crippen LogP contribution in [0.5, 0.6) is 17.2 Å². The van der Waals surface area contributed by atoms with E-state index in [1.807, 2.05) is 42.5 Å². The van der Waals surface area contributed by atoms with Gasteiger partial charge < -0.3 is 19.3 Å². The number of hydrogen-bond acceptors (Lipinski definition) is 4. The van der Waals surface area contributed by atoms with Crippen molar-refractivity contribution in [3.05, 3.63) is 53.6 Å². The molecule has 1 unspecified atom stereocenters. The highest BCUT2D eigenvalue weighted by atomic mass is 16.6. The van der Waals surface area contributed by atoms with Crippen LogP contribution in [0, 0.1) is 0 Å². The van der Waals surface area contributed by atoms with E-state index in [1.165, 1.54) is 0 Å². The number of aliphatic hydroxyl groups is 1. The summed E-state index contributed by atoms with van der Waals surface area (Å²) in [6.45, 7) is 2.07. The smallest absolute Gasteiger partial charge is 0.225 e. The lowest BCUT2D eigenvalue weighted by Gasteiger charge is -2.28. The predicted octanol–water partition coefficient (Wildman–Crippen LogP) is 3.74. The van der Waals surface area contributed by atoms with Crippen molar-refractivity contribution in [2.24, 2.45) is 0 Å². The summed E-state index contributed by atoms with van der Waals surface area (Å²) in [5.41, 5.74) is 3.66. The first-order chi connectivity index (χ1) is 11.2. The molecule has 23 heavy (non-hydrogen) atoms. The Balaban J connectivity index is 2.20. The van der Waals surface area contributed by atoms with Crippen LogP contribution in [0.1, 0.15) is 24.5 Å². The molecule has 2 aromatic carbocycles. The molecule has 0 spiro atoms. The van der Waals surface area contributed by atoms with Crippen molar-refractivity contribution in [3.63, 3.8) is 0 Å². The van der Waals surface area contributed by atoms with Gasteiger partial charge in [0.25, 0.3) is 0 Å². The number of allylic oxidation sites excluding steroid dienone is 1. The highest BCUT2D eigenvalue weighted by molar-refractivity contribution is 5.95. The number of ether oxygens (including phenoxy) is 3. The minimum absolute atomic E-state index is 0.668. The molecule has 4 heteroatoms. The van der Waals surface area contributed by atoms with Crippen molar-refractivity contribution in [1.82, 2.24) is 0 Å². The van der Waals surface area contributed by atoms with Gasteiger partial charge in [0.15, 0.2) is 0 Å². The molecular weight excluding hydrogens is 292 g/mol. The first-order valence-corrected chi connectivity index (χ1v) is 7.58. The predicted molar refractivity (Wildman–Crippen MR) is 89.7 cm³/mol. The van der Waals surface area contributed by atoms with Gasteiger partial charge in [-0.15, -0.1) is 0 Å². The van der Waals surface area contributed by atoms with E-state index < -0.39 is 6.29 Å². The van der Waals surface area contributed by atoms with E-state index in [-0.39, 0.29) is 0 Å². The molecule has 0 saturated carbocycles. The maximum absolute atomic E-state index is 10.5. The Morgan fingerprint density at radius 3 is 2.48 bits per heavy atom. The Labute approximate surface area is 135 Å². The average Bonchev–Trinajstić information content (AvgIpc) is 2.60. The summed E-state index contributed by atoms with van der Waals surface area (Å²) in [6.07, 6.45) is -0.231. The number of rotatable bonds is 4. The highest BCUT2D eigenvalue weighted by Gasteiger charge is 2.28. The van der Waals surface area contributed by atoms with Crippen LogP contribution in [0.4, 0.5) is 0 Å². The van der Waals surface area contributed by atoms with Gasteiger partial charge in [-0.25, -0.2) is 0 Å². The zero-order valence-corrected chi connectivity index (χ0v) is 13.5. The number of aliphatic hydroxyl groups excluding tert-OH is 1. The van der Waals surface area contributed by atoms with E-state index in [0.717, 1.165) is 40.2 Å². The summed E-state index contributed by atoms with van der Waals surface area (Å²) < 4.78 is 16.3. The third-order valence-electron chi connectivity index (χ3n) is 4.06. The topological polar surface area (TPSA) is 47.9 Å². The molecule has 1 N–H and O–H groups in total. The summed E-state index contributed by atoms with van der Waals surface area (Å²) in [6, 6.07) is 13.2. The summed E-state index contributed by atoms with van der Waals surface area (Å²) >= 11 is 0. The fourth-order valence-corrected chi connectivity index (χ4v) is 2.94. The quantitative estimate of drug-likeness (QED) is 0.934. The molecule has 1 atom stereocenters. The van der Waals surface area contributed by atoms with Gasteiger partial charge in [0, 0.05) is 11.1 Å². The Morgan fingerprint density at radius 2 is 1.78 bits per heavy atom. The molecular formula is C19H20O4. The molecule has 0 bridgehead atoms. The van der Waals surface area contributed by atoms with Gasteiger partial charge in [0.2, 0.25) is 6.29 Å². The second-order valence-electron chi connectivity index (χ2n) is 5.31. The molecule has 1 heterocycles. The molecule has 2 aromatic rings. The summed E-state index contributed by atoms with van der Waals surface area (Å²) in [7, 11) is 3.26. The minimum Gasteiger partial charge on any atom is -0.497 e. The Bertz CT molecular complexity index is 749. The number of fused-ring (bicyclic) bond motifs is 1.